The molecule has 3 atom stereocenters. The molecule has 0 aromatic heterocycles. The van der Waals surface area contributed by atoms with Gasteiger partial charge in [-0.05, 0) is 37.6 Å². The number of hydrogen-bond acceptors (Lipinski definition) is 1. The minimum absolute atomic E-state index is 0.342. The van der Waals surface area contributed by atoms with Gasteiger partial charge in [-0.15, -0.1) is 0 Å². The van der Waals surface area contributed by atoms with E-state index < -0.39 is 17.2 Å². The number of rotatable bonds is 2. The zero-order valence-corrected chi connectivity index (χ0v) is 9.71. The monoisotopic (exact) mass is 245 g/mol. The summed E-state index contributed by atoms with van der Waals surface area (Å²) < 4.78 is 39.6. The highest BCUT2D eigenvalue weighted by Crippen LogP contribution is 2.25. The first kappa shape index (κ1) is 11.7. The van der Waals surface area contributed by atoms with Crippen molar-refractivity contribution in [2.45, 2.75) is 30.5 Å². The molecule has 1 fully saturated rings. The van der Waals surface area contributed by atoms with E-state index in [0.717, 1.165) is 0 Å². The number of benzene rings is 1. The van der Waals surface area contributed by atoms with E-state index in [9.17, 15) is 13.0 Å². The van der Waals surface area contributed by atoms with Crippen LogP contribution in [0.2, 0.25) is 0 Å². The fourth-order valence-corrected chi connectivity index (χ4v) is 3.14. The molecule has 0 saturated carbocycles. The predicted molar refractivity (Wildman–Crippen MR) is 58.5 cm³/mol. The number of hydrogen-bond donors (Lipinski definition) is 0. The Morgan fingerprint density at radius 1 is 1.38 bits per heavy atom. The molecule has 2 rings (SSSR count). The molecule has 1 aromatic carbocycles. The van der Waals surface area contributed by atoms with Gasteiger partial charge in [0.2, 0.25) is 0 Å². The van der Waals surface area contributed by atoms with E-state index in [2.05, 4.69) is 0 Å². The number of halogens is 2. The van der Waals surface area contributed by atoms with Crippen LogP contribution in [0.3, 0.4) is 0 Å². The second-order valence-electron chi connectivity index (χ2n) is 3.89. The van der Waals surface area contributed by atoms with E-state index >= 15 is 0 Å². The van der Waals surface area contributed by atoms with Crippen LogP contribution in [-0.4, -0.2) is 27.3 Å². The molecule has 0 bridgehead atoms. The molecular formula is C11H13F2NOS. The lowest BCUT2D eigenvalue weighted by atomic mass is 10.2. The fourth-order valence-electron chi connectivity index (χ4n) is 1.80. The molecule has 1 aliphatic rings. The molecule has 1 aliphatic heterocycles. The summed E-state index contributed by atoms with van der Waals surface area (Å²) in [5, 5.41) is 0. The van der Waals surface area contributed by atoms with Gasteiger partial charge in [-0.2, -0.15) is 0 Å². The van der Waals surface area contributed by atoms with E-state index in [4.69, 9.17) is 0 Å². The molecule has 88 valence electrons. The van der Waals surface area contributed by atoms with Crippen molar-refractivity contribution in [2.75, 3.05) is 6.54 Å². The summed E-state index contributed by atoms with van der Waals surface area (Å²) in [5.41, 5.74) is 0. The summed E-state index contributed by atoms with van der Waals surface area (Å²) in [6, 6.07) is 5.14. The van der Waals surface area contributed by atoms with Gasteiger partial charge in [-0.1, -0.05) is 0 Å². The molecule has 5 heteroatoms. The second-order valence-corrected chi connectivity index (χ2v) is 5.33. The Hall–Kier alpha value is -0.810. The summed E-state index contributed by atoms with van der Waals surface area (Å²) >= 11 is 0. The zero-order valence-electron chi connectivity index (χ0n) is 8.90. The number of alkyl halides is 1. The van der Waals surface area contributed by atoms with Crippen molar-refractivity contribution in [1.29, 1.82) is 0 Å². The molecule has 0 amide bonds. The molecular weight excluding hydrogens is 232 g/mol. The first-order valence-electron chi connectivity index (χ1n) is 5.18. The third kappa shape index (κ3) is 2.15. The van der Waals surface area contributed by atoms with Crippen LogP contribution in [0, 0.1) is 5.82 Å². The Balaban J connectivity index is 2.16. The quantitative estimate of drug-likeness (QED) is 0.782. The molecule has 0 aliphatic carbocycles. The number of nitrogens with zero attached hydrogens (tertiary/aromatic N) is 1. The Bertz CT molecular complexity index is 395. The summed E-state index contributed by atoms with van der Waals surface area (Å²) in [4.78, 5) is 0.516. The Morgan fingerprint density at radius 2 is 2.00 bits per heavy atom. The Labute approximate surface area is 95.9 Å². The fraction of sp³-hybridized carbons (Fsp3) is 0.455. The van der Waals surface area contributed by atoms with Crippen LogP contribution in [-0.2, 0) is 11.0 Å². The van der Waals surface area contributed by atoms with Gasteiger partial charge < -0.3 is 0 Å². The molecule has 1 heterocycles. The highest BCUT2D eigenvalue weighted by Gasteiger charge is 2.34. The maximum Gasteiger partial charge on any atom is 0.127 e. The first-order chi connectivity index (χ1) is 7.59. The standard InChI is InChI=1S/C11H13F2NOS/c1-8-11(13)6-7-14(8)16(15)10-4-2-9(12)3-5-10/h2-5,8,11H,6-7H2,1H3. The Morgan fingerprint density at radius 3 is 2.50 bits per heavy atom. The lowest BCUT2D eigenvalue weighted by Gasteiger charge is -2.20. The van der Waals surface area contributed by atoms with Crippen LogP contribution in [0.1, 0.15) is 13.3 Å². The van der Waals surface area contributed by atoms with Gasteiger partial charge in [0.15, 0.2) is 0 Å². The highest BCUT2D eigenvalue weighted by atomic mass is 32.2. The van der Waals surface area contributed by atoms with Crippen LogP contribution < -0.4 is 0 Å². The van der Waals surface area contributed by atoms with Crippen LogP contribution in [0.15, 0.2) is 29.2 Å². The molecule has 1 aromatic rings. The minimum Gasteiger partial charge on any atom is -0.246 e. The van der Waals surface area contributed by atoms with Crippen molar-refractivity contribution < 1.29 is 13.0 Å². The van der Waals surface area contributed by atoms with Crippen molar-refractivity contribution in [2.24, 2.45) is 0 Å². The van der Waals surface area contributed by atoms with Gasteiger partial charge in [-0.25, -0.2) is 17.3 Å². The third-order valence-corrected chi connectivity index (χ3v) is 4.45. The average molecular weight is 245 g/mol. The van der Waals surface area contributed by atoms with Crippen molar-refractivity contribution in [3.63, 3.8) is 0 Å². The largest absolute Gasteiger partial charge is 0.246 e. The molecule has 0 radical (unpaired) electrons. The summed E-state index contributed by atoms with van der Waals surface area (Å²) in [6.45, 7) is 2.20. The summed E-state index contributed by atoms with van der Waals surface area (Å²) in [7, 11) is -1.39. The maximum absolute atomic E-state index is 13.3. The summed E-state index contributed by atoms with van der Waals surface area (Å²) in [6.07, 6.45) is -0.516. The van der Waals surface area contributed by atoms with Crippen LogP contribution in [0.25, 0.3) is 0 Å². The summed E-state index contributed by atoms with van der Waals surface area (Å²) in [5.74, 6) is -0.362. The van der Waals surface area contributed by atoms with Crippen molar-refractivity contribution >= 4 is 11.0 Å². The van der Waals surface area contributed by atoms with Gasteiger partial charge in [-0.3, -0.25) is 0 Å². The van der Waals surface area contributed by atoms with E-state index in [1.54, 1.807) is 11.2 Å². The van der Waals surface area contributed by atoms with Gasteiger partial charge in [0.1, 0.15) is 23.0 Å². The molecule has 2 nitrogen and oxygen atoms in total. The van der Waals surface area contributed by atoms with Crippen molar-refractivity contribution in [1.82, 2.24) is 4.31 Å². The molecule has 0 spiro atoms. The van der Waals surface area contributed by atoms with E-state index in [1.165, 1.54) is 24.3 Å². The molecule has 1 saturated heterocycles. The third-order valence-electron chi connectivity index (χ3n) is 2.83. The normalized spacial score (nSPS) is 28.2. The van der Waals surface area contributed by atoms with Gasteiger partial charge in [0.05, 0.1) is 10.9 Å². The molecule has 3 unspecified atom stereocenters. The lowest BCUT2D eigenvalue weighted by molar-refractivity contribution is 0.279. The smallest absolute Gasteiger partial charge is 0.127 e. The van der Waals surface area contributed by atoms with Gasteiger partial charge in [0.25, 0.3) is 0 Å². The van der Waals surface area contributed by atoms with Crippen LogP contribution >= 0.6 is 0 Å². The van der Waals surface area contributed by atoms with Crippen molar-refractivity contribution in [3.8, 4) is 0 Å². The van der Waals surface area contributed by atoms with Crippen LogP contribution in [0.4, 0.5) is 8.78 Å². The zero-order chi connectivity index (χ0) is 11.7. The first-order valence-corrected chi connectivity index (χ1v) is 6.28. The van der Waals surface area contributed by atoms with Crippen molar-refractivity contribution in [3.05, 3.63) is 30.1 Å². The van der Waals surface area contributed by atoms with E-state index in [-0.39, 0.29) is 11.9 Å². The SMILES string of the molecule is CC1C(F)CCN1S(=O)c1ccc(F)cc1. The predicted octanol–water partition coefficient (Wildman–Crippen LogP) is 2.28. The highest BCUT2D eigenvalue weighted by molar-refractivity contribution is 7.82. The van der Waals surface area contributed by atoms with Gasteiger partial charge in [0, 0.05) is 6.54 Å². The Kier molecular flexibility index (Phi) is 3.35. The topological polar surface area (TPSA) is 20.3 Å². The van der Waals surface area contributed by atoms with Gasteiger partial charge >= 0.3 is 0 Å². The lowest BCUT2D eigenvalue weighted by Crippen LogP contribution is -2.32. The van der Waals surface area contributed by atoms with E-state index in [1.807, 2.05) is 0 Å². The minimum atomic E-state index is -1.39. The maximum atomic E-state index is 13.3. The van der Waals surface area contributed by atoms with E-state index in [0.29, 0.717) is 17.9 Å². The van der Waals surface area contributed by atoms with Crippen LogP contribution in [0.5, 0.6) is 0 Å². The average Bonchev–Trinajstić information content (AvgIpc) is 2.60. The molecule has 0 N–H and O–H groups in total. The second kappa shape index (κ2) is 4.59. The molecule has 16 heavy (non-hydrogen) atoms.